The highest BCUT2D eigenvalue weighted by Crippen LogP contribution is 2.24. The molecule has 0 heterocycles. The van der Waals surface area contributed by atoms with E-state index in [1.807, 2.05) is 13.0 Å². The molecule has 0 saturated carbocycles. The zero-order chi connectivity index (χ0) is 14.7. The second kappa shape index (κ2) is 5.72. The van der Waals surface area contributed by atoms with Crippen LogP contribution in [0, 0.1) is 22.7 Å². The van der Waals surface area contributed by atoms with Crippen molar-refractivity contribution in [3.8, 4) is 6.07 Å². The van der Waals surface area contributed by atoms with Gasteiger partial charge in [-0.05, 0) is 29.5 Å². The van der Waals surface area contributed by atoms with Gasteiger partial charge in [-0.25, -0.2) is 13.1 Å². The lowest BCUT2D eigenvalue weighted by atomic mass is 9.82. The molecule has 0 saturated heterocycles. The summed E-state index contributed by atoms with van der Waals surface area (Å²) in [4.78, 5) is 0.132. The Labute approximate surface area is 115 Å². The van der Waals surface area contributed by atoms with Gasteiger partial charge in [0.05, 0.1) is 16.5 Å². The average molecular weight is 280 g/mol. The van der Waals surface area contributed by atoms with Crippen molar-refractivity contribution < 1.29 is 8.42 Å². The molecule has 5 heteroatoms. The Bertz CT molecular complexity index is 580. The Kier molecular flexibility index (Phi) is 4.72. The molecular weight excluding hydrogens is 260 g/mol. The van der Waals surface area contributed by atoms with Gasteiger partial charge in [0, 0.05) is 6.54 Å². The number of rotatable bonds is 4. The number of sulfonamides is 1. The Morgan fingerprint density at radius 1 is 1.37 bits per heavy atom. The van der Waals surface area contributed by atoms with Crippen LogP contribution in [-0.4, -0.2) is 15.0 Å². The van der Waals surface area contributed by atoms with Crippen molar-refractivity contribution in [2.45, 2.75) is 32.6 Å². The highest BCUT2D eigenvalue weighted by Gasteiger charge is 2.22. The largest absolute Gasteiger partial charge is 0.240 e. The molecule has 1 N–H and O–H groups in total. The van der Waals surface area contributed by atoms with Crippen LogP contribution in [0.3, 0.4) is 0 Å². The third-order valence-electron chi connectivity index (χ3n) is 3.33. The van der Waals surface area contributed by atoms with E-state index >= 15 is 0 Å². The van der Waals surface area contributed by atoms with Crippen LogP contribution < -0.4 is 4.72 Å². The lowest BCUT2D eigenvalue weighted by molar-refractivity contribution is 0.263. The van der Waals surface area contributed by atoms with Gasteiger partial charge in [-0.15, -0.1) is 0 Å². The normalized spacial score (nSPS) is 13.8. The molecule has 1 atom stereocenters. The summed E-state index contributed by atoms with van der Waals surface area (Å²) < 4.78 is 26.8. The maximum atomic E-state index is 12.1. The van der Waals surface area contributed by atoms with Gasteiger partial charge in [-0.2, -0.15) is 5.26 Å². The summed E-state index contributed by atoms with van der Waals surface area (Å²) in [5, 5.41) is 8.79. The molecule has 1 rings (SSSR count). The van der Waals surface area contributed by atoms with Gasteiger partial charge < -0.3 is 0 Å². The van der Waals surface area contributed by atoms with Crippen molar-refractivity contribution in [2.75, 3.05) is 6.54 Å². The first-order valence-corrected chi connectivity index (χ1v) is 7.65. The molecule has 0 aliphatic carbocycles. The minimum atomic E-state index is -3.55. The van der Waals surface area contributed by atoms with E-state index in [4.69, 9.17) is 5.26 Å². The Morgan fingerprint density at radius 3 is 2.53 bits per heavy atom. The number of benzene rings is 1. The smallest absolute Gasteiger partial charge is 0.211 e. The van der Waals surface area contributed by atoms with E-state index < -0.39 is 10.0 Å². The SMILES string of the molecule is CC(CNS(=O)(=O)c1cccc(C#N)c1)C(C)(C)C. The van der Waals surface area contributed by atoms with Crippen molar-refractivity contribution in [3.63, 3.8) is 0 Å². The third-order valence-corrected chi connectivity index (χ3v) is 4.75. The molecule has 0 aromatic heterocycles. The molecule has 1 aromatic rings. The van der Waals surface area contributed by atoms with E-state index in [-0.39, 0.29) is 16.2 Å². The van der Waals surface area contributed by atoms with Crippen LogP contribution in [-0.2, 0) is 10.0 Å². The predicted octanol–water partition coefficient (Wildman–Crippen LogP) is 2.52. The maximum Gasteiger partial charge on any atom is 0.240 e. The molecule has 0 aliphatic heterocycles. The summed E-state index contributed by atoms with van der Waals surface area (Å²) in [6.07, 6.45) is 0. The fourth-order valence-corrected chi connectivity index (χ4v) is 2.53. The second-order valence-corrected chi connectivity index (χ2v) is 7.53. The first kappa shape index (κ1) is 15.7. The van der Waals surface area contributed by atoms with Crippen molar-refractivity contribution in [3.05, 3.63) is 29.8 Å². The van der Waals surface area contributed by atoms with Crippen LogP contribution in [0.5, 0.6) is 0 Å². The molecule has 0 amide bonds. The fraction of sp³-hybridized carbons (Fsp3) is 0.500. The van der Waals surface area contributed by atoms with Crippen LogP contribution in [0.15, 0.2) is 29.2 Å². The summed E-state index contributed by atoms with van der Waals surface area (Å²) in [5.41, 5.74) is 0.378. The summed E-state index contributed by atoms with van der Waals surface area (Å²) >= 11 is 0. The van der Waals surface area contributed by atoms with E-state index in [9.17, 15) is 8.42 Å². The lowest BCUT2D eigenvalue weighted by Gasteiger charge is -2.27. The molecule has 0 radical (unpaired) electrons. The van der Waals surface area contributed by atoms with E-state index in [1.54, 1.807) is 12.1 Å². The van der Waals surface area contributed by atoms with E-state index in [2.05, 4.69) is 25.5 Å². The number of hydrogen-bond donors (Lipinski definition) is 1. The Hall–Kier alpha value is -1.38. The van der Waals surface area contributed by atoms with Crippen LogP contribution in [0.2, 0.25) is 0 Å². The van der Waals surface area contributed by atoms with E-state index in [1.165, 1.54) is 12.1 Å². The monoisotopic (exact) mass is 280 g/mol. The molecule has 0 bridgehead atoms. The van der Waals surface area contributed by atoms with Crippen LogP contribution in [0.1, 0.15) is 33.3 Å². The summed E-state index contributed by atoms with van der Waals surface area (Å²) in [5.74, 6) is 0.210. The van der Waals surface area contributed by atoms with Crippen LogP contribution in [0.25, 0.3) is 0 Å². The van der Waals surface area contributed by atoms with Crippen LogP contribution in [0.4, 0.5) is 0 Å². The van der Waals surface area contributed by atoms with Gasteiger partial charge in [0.25, 0.3) is 0 Å². The highest BCUT2D eigenvalue weighted by atomic mass is 32.2. The fourth-order valence-electron chi connectivity index (χ4n) is 1.36. The maximum absolute atomic E-state index is 12.1. The third kappa shape index (κ3) is 4.34. The standard InChI is InChI=1S/C14H20N2O2S/c1-11(14(2,3)4)10-16-19(17,18)13-7-5-6-12(8-13)9-15/h5-8,11,16H,10H2,1-4H3. The van der Waals surface area contributed by atoms with Crippen molar-refractivity contribution >= 4 is 10.0 Å². The number of nitrogens with zero attached hydrogens (tertiary/aromatic N) is 1. The summed E-state index contributed by atoms with van der Waals surface area (Å²) in [6, 6.07) is 7.96. The molecule has 104 valence electrons. The molecule has 0 spiro atoms. The van der Waals surface area contributed by atoms with E-state index in [0.717, 1.165) is 0 Å². The van der Waals surface area contributed by atoms with Crippen molar-refractivity contribution in [1.82, 2.24) is 4.72 Å². The molecule has 1 aromatic carbocycles. The highest BCUT2D eigenvalue weighted by molar-refractivity contribution is 7.89. The van der Waals surface area contributed by atoms with Gasteiger partial charge >= 0.3 is 0 Å². The lowest BCUT2D eigenvalue weighted by Crippen LogP contribution is -2.33. The summed E-state index contributed by atoms with van der Waals surface area (Å²) in [7, 11) is -3.55. The predicted molar refractivity (Wildman–Crippen MR) is 75.0 cm³/mol. The zero-order valence-corrected chi connectivity index (χ0v) is 12.6. The number of nitriles is 1. The van der Waals surface area contributed by atoms with Crippen molar-refractivity contribution in [1.29, 1.82) is 5.26 Å². The average Bonchev–Trinajstić information content (AvgIpc) is 2.35. The molecule has 1 unspecified atom stereocenters. The molecule has 4 nitrogen and oxygen atoms in total. The van der Waals surface area contributed by atoms with Gasteiger partial charge in [-0.1, -0.05) is 33.8 Å². The second-order valence-electron chi connectivity index (χ2n) is 5.76. The molecular formula is C14H20N2O2S. The zero-order valence-electron chi connectivity index (χ0n) is 11.8. The van der Waals surface area contributed by atoms with Crippen LogP contribution >= 0.6 is 0 Å². The first-order chi connectivity index (χ1) is 8.66. The molecule has 0 fully saturated rings. The topological polar surface area (TPSA) is 70.0 Å². The Morgan fingerprint density at radius 2 is 2.00 bits per heavy atom. The quantitative estimate of drug-likeness (QED) is 0.921. The number of hydrogen-bond acceptors (Lipinski definition) is 3. The Balaban J connectivity index is 2.85. The van der Waals surface area contributed by atoms with Gasteiger partial charge in [0.2, 0.25) is 10.0 Å². The minimum absolute atomic E-state index is 0.0387. The number of nitrogens with one attached hydrogen (secondary N) is 1. The van der Waals surface area contributed by atoms with Gasteiger partial charge in [-0.3, -0.25) is 0 Å². The van der Waals surface area contributed by atoms with E-state index in [0.29, 0.717) is 12.1 Å². The van der Waals surface area contributed by atoms with Gasteiger partial charge in [0.1, 0.15) is 0 Å². The molecule has 19 heavy (non-hydrogen) atoms. The first-order valence-electron chi connectivity index (χ1n) is 6.16. The van der Waals surface area contributed by atoms with Crippen molar-refractivity contribution in [2.24, 2.45) is 11.3 Å². The molecule has 0 aliphatic rings. The minimum Gasteiger partial charge on any atom is -0.211 e. The van der Waals surface area contributed by atoms with Gasteiger partial charge in [0.15, 0.2) is 0 Å². The summed E-state index contributed by atoms with van der Waals surface area (Å²) in [6.45, 7) is 8.60.